The van der Waals surface area contributed by atoms with Gasteiger partial charge in [0.1, 0.15) is 12.4 Å². The predicted octanol–water partition coefficient (Wildman–Crippen LogP) is 3.75. The summed E-state index contributed by atoms with van der Waals surface area (Å²) in [5, 5.41) is 10.1. The first-order valence-electron chi connectivity index (χ1n) is 8.90. The lowest BCUT2D eigenvalue weighted by molar-refractivity contribution is -0.142. The molecule has 2 bridgehead atoms. The Kier molecular flexibility index (Phi) is 4.83. The zero-order chi connectivity index (χ0) is 18.1. The molecule has 6 heteroatoms. The fourth-order valence-corrected chi connectivity index (χ4v) is 4.46. The quantitative estimate of drug-likeness (QED) is 0.836. The van der Waals surface area contributed by atoms with Gasteiger partial charge in [-0.15, -0.1) is 0 Å². The number of hydrogen-bond donors (Lipinski definition) is 1. The minimum Gasteiger partial charge on any atom is -0.489 e. The summed E-state index contributed by atoms with van der Waals surface area (Å²) in [5.41, 5.74) is 2.00. The molecule has 1 aromatic carbocycles. The van der Waals surface area contributed by atoms with Crippen LogP contribution in [0.2, 0.25) is 5.02 Å². The van der Waals surface area contributed by atoms with Gasteiger partial charge in [-0.05, 0) is 43.5 Å². The van der Waals surface area contributed by atoms with E-state index in [9.17, 15) is 9.90 Å². The SMILES string of the molecule is O=C(O)C1CC2CCC1N2Cc1cc(Cl)ccc1OCc1cccnc1. The number of carboxylic acids is 1. The highest BCUT2D eigenvalue weighted by atomic mass is 35.5. The third-order valence-electron chi connectivity index (χ3n) is 5.49. The van der Waals surface area contributed by atoms with Crippen molar-refractivity contribution in [2.45, 2.75) is 44.5 Å². The van der Waals surface area contributed by atoms with Crippen LogP contribution in [0.4, 0.5) is 0 Å². The summed E-state index contributed by atoms with van der Waals surface area (Å²) in [6.45, 7) is 1.11. The Morgan fingerprint density at radius 3 is 2.96 bits per heavy atom. The summed E-state index contributed by atoms with van der Waals surface area (Å²) < 4.78 is 6.01. The van der Waals surface area contributed by atoms with Gasteiger partial charge in [-0.2, -0.15) is 0 Å². The summed E-state index contributed by atoms with van der Waals surface area (Å²) in [7, 11) is 0. The molecular weight excluding hydrogens is 352 g/mol. The number of aliphatic carboxylic acids is 1. The van der Waals surface area contributed by atoms with Gasteiger partial charge in [0.05, 0.1) is 5.92 Å². The number of rotatable bonds is 6. The molecule has 2 aromatic rings. The van der Waals surface area contributed by atoms with Crippen molar-refractivity contribution < 1.29 is 14.6 Å². The molecule has 26 heavy (non-hydrogen) atoms. The number of nitrogens with zero attached hydrogens (tertiary/aromatic N) is 2. The lowest BCUT2D eigenvalue weighted by atomic mass is 9.89. The largest absolute Gasteiger partial charge is 0.489 e. The number of carboxylic acid groups (broad SMARTS) is 1. The van der Waals surface area contributed by atoms with Crippen molar-refractivity contribution in [2.24, 2.45) is 5.92 Å². The molecule has 3 heterocycles. The average molecular weight is 373 g/mol. The van der Waals surface area contributed by atoms with Gasteiger partial charge in [-0.3, -0.25) is 14.7 Å². The molecule has 3 atom stereocenters. The molecule has 1 aromatic heterocycles. The van der Waals surface area contributed by atoms with E-state index in [0.29, 0.717) is 24.2 Å². The van der Waals surface area contributed by atoms with Crippen LogP contribution in [0.25, 0.3) is 0 Å². The van der Waals surface area contributed by atoms with Gasteiger partial charge in [0.15, 0.2) is 0 Å². The van der Waals surface area contributed by atoms with E-state index < -0.39 is 5.97 Å². The van der Waals surface area contributed by atoms with E-state index in [4.69, 9.17) is 16.3 Å². The molecule has 0 saturated carbocycles. The Hall–Kier alpha value is -2.11. The molecule has 1 N–H and O–H groups in total. The highest BCUT2D eigenvalue weighted by molar-refractivity contribution is 6.30. The summed E-state index contributed by atoms with van der Waals surface area (Å²) in [4.78, 5) is 17.9. The Morgan fingerprint density at radius 1 is 1.35 bits per heavy atom. The molecule has 3 unspecified atom stereocenters. The molecule has 2 fully saturated rings. The van der Waals surface area contributed by atoms with Gasteiger partial charge in [0.2, 0.25) is 0 Å². The minimum atomic E-state index is -0.679. The Balaban J connectivity index is 1.51. The van der Waals surface area contributed by atoms with Gasteiger partial charge < -0.3 is 9.84 Å². The first-order valence-corrected chi connectivity index (χ1v) is 9.28. The van der Waals surface area contributed by atoms with Crippen LogP contribution in [0.1, 0.15) is 30.4 Å². The van der Waals surface area contributed by atoms with Crippen molar-refractivity contribution in [1.82, 2.24) is 9.88 Å². The number of carbonyl (C=O) groups is 1. The highest BCUT2D eigenvalue weighted by Crippen LogP contribution is 2.43. The Labute approximate surface area is 157 Å². The highest BCUT2D eigenvalue weighted by Gasteiger charge is 2.49. The van der Waals surface area contributed by atoms with Crippen LogP contribution in [0, 0.1) is 5.92 Å². The maximum atomic E-state index is 11.5. The molecule has 0 spiro atoms. The summed E-state index contributed by atoms with van der Waals surface area (Å²) >= 11 is 6.21. The van der Waals surface area contributed by atoms with Crippen LogP contribution >= 0.6 is 11.6 Å². The molecule has 4 rings (SSSR count). The number of pyridine rings is 1. The third kappa shape index (κ3) is 3.41. The maximum absolute atomic E-state index is 11.5. The van der Waals surface area contributed by atoms with E-state index in [1.807, 2.05) is 30.3 Å². The molecule has 2 saturated heterocycles. The van der Waals surface area contributed by atoms with Crippen LogP contribution in [0.3, 0.4) is 0 Å². The van der Waals surface area contributed by atoms with Crippen LogP contribution in [-0.2, 0) is 17.9 Å². The smallest absolute Gasteiger partial charge is 0.308 e. The molecule has 5 nitrogen and oxygen atoms in total. The van der Waals surface area contributed by atoms with Gasteiger partial charge in [0.25, 0.3) is 0 Å². The molecular formula is C20H21ClN2O3. The van der Waals surface area contributed by atoms with Gasteiger partial charge in [-0.25, -0.2) is 0 Å². The number of benzene rings is 1. The zero-order valence-corrected chi connectivity index (χ0v) is 15.1. The van der Waals surface area contributed by atoms with Crippen molar-refractivity contribution in [3.63, 3.8) is 0 Å². The van der Waals surface area contributed by atoms with E-state index in [1.54, 1.807) is 12.4 Å². The lowest BCUT2D eigenvalue weighted by Gasteiger charge is -2.24. The molecule has 2 aliphatic rings. The standard InChI is InChI=1S/C20H21ClN2O3/c21-15-3-6-19(26-12-13-2-1-7-22-10-13)14(8-15)11-23-16-4-5-18(23)17(9-16)20(24)25/h1-3,6-8,10,16-18H,4-5,9,11-12H2,(H,24,25). The van der Waals surface area contributed by atoms with E-state index in [-0.39, 0.29) is 12.0 Å². The number of ether oxygens (including phenoxy) is 1. The van der Waals surface area contributed by atoms with Crippen LogP contribution in [0.15, 0.2) is 42.7 Å². The van der Waals surface area contributed by atoms with E-state index >= 15 is 0 Å². The Bertz CT molecular complexity index is 799. The molecule has 2 aliphatic heterocycles. The first-order chi connectivity index (χ1) is 12.6. The average Bonchev–Trinajstić information content (AvgIpc) is 3.19. The van der Waals surface area contributed by atoms with Crippen molar-refractivity contribution in [1.29, 1.82) is 0 Å². The number of hydrogen-bond acceptors (Lipinski definition) is 4. The fraction of sp³-hybridized carbons (Fsp3) is 0.400. The molecule has 0 amide bonds. The number of fused-ring (bicyclic) bond motifs is 2. The fourth-order valence-electron chi connectivity index (χ4n) is 4.27. The zero-order valence-electron chi connectivity index (χ0n) is 14.3. The summed E-state index contributed by atoms with van der Waals surface area (Å²) in [6.07, 6.45) is 6.29. The van der Waals surface area contributed by atoms with E-state index in [1.165, 1.54) is 0 Å². The van der Waals surface area contributed by atoms with Gasteiger partial charge in [-0.1, -0.05) is 17.7 Å². The normalized spacial score (nSPS) is 24.7. The third-order valence-corrected chi connectivity index (χ3v) is 5.73. The first kappa shape index (κ1) is 17.3. The molecule has 136 valence electrons. The van der Waals surface area contributed by atoms with E-state index in [0.717, 1.165) is 36.1 Å². The predicted molar refractivity (Wildman–Crippen MR) is 98.1 cm³/mol. The van der Waals surface area contributed by atoms with Gasteiger partial charge >= 0.3 is 5.97 Å². The van der Waals surface area contributed by atoms with Crippen molar-refractivity contribution in [3.8, 4) is 5.75 Å². The molecule has 0 aliphatic carbocycles. The Morgan fingerprint density at radius 2 is 2.23 bits per heavy atom. The number of halogens is 1. The maximum Gasteiger partial charge on any atom is 0.308 e. The second kappa shape index (κ2) is 7.25. The van der Waals surface area contributed by atoms with Crippen molar-refractivity contribution in [2.75, 3.05) is 0 Å². The van der Waals surface area contributed by atoms with Crippen LogP contribution < -0.4 is 4.74 Å². The molecule has 0 radical (unpaired) electrons. The van der Waals surface area contributed by atoms with E-state index in [2.05, 4.69) is 9.88 Å². The lowest BCUT2D eigenvalue weighted by Crippen LogP contribution is -2.32. The topological polar surface area (TPSA) is 62.7 Å². The minimum absolute atomic E-state index is 0.114. The monoisotopic (exact) mass is 372 g/mol. The summed E-state index contributed by atoms with van der Waals surface area (Å²) in [5.74, 6) is -0.148. The second-order valence-corrected chi connectivity index (χ2v) is 7.49. The van der Waals surface area contributed by atoms with Crippen molar-refractivity contribution >= 4 is 17.6 Å². The number of aromatic nitrogens is 1. The van der Waals surface area contributed by atoms with Gasteiger partial charge in [0, 0.05) is 47.2 Å². The van der Waals surface area contributed by atoms with Crippen molar-refractivity contribution in [3.05, 3.63) is 58.9 Å². The summed E-state index contributed by atoms with van der Waals surface area (Å²) in [6, 6.07) is 9.95. The second-order valence-electron chi connectivity index (χ2n) is 7.05. The van der Waals surface area contributed by atoms with Crippen LogP contribution in [-0.4, -0.2) is 33.0 Å². The van der Waals surface area contributed by atoms with Crippen LogP contribution in [0.5, 0.6) is 5.75 Å².